The molecular formula is C34H43F2O6S2+. The minimum absolute atomic E-state index is 0.0136. The van der Waals surface area contributed by atoms with Crippen LogP contribution in [-0.4, -0.2) is 37.0 Å². The summed E-state index contributed by atoms with van der Waals surface area (Å²) in [6.07, 6.45) is -0.0260. The quantitative estimate of drug-likeness (QED) is 0.195. The lowest BCUT2D eigenvalue weighted by molar-refractivity contribution is -0.270. The molecule has 5 unspecified atom stereocenters. The van der Waals surface area contributed by atoms with E-state index in [1.54, 1.807) is 12.1 Å². The fourth-order valence-electron chi connectivity index (χ4n) is 5.09. The maximum atomic E-state index is 14.1. The summed E-state index contributed by atoms with van der Waals surface area (Å²) < 4.78 is 77.3. The zero-order chi connectivity index (χ0) is 32.5. The molecule has 0 saturated carbocycles. The van der Waals surface area contributed by atoms with Crippen LogP contribution in [0.4, 0.5) is 8.78 Å². The molecule has 1 aliphatic heterocycles. The van der Waals surface area contributed by atoms with Gasteiger partial charge >= 0.3 is 15.4 Å². The van der Waals surface area contributed by atoms with E-state index in [1.165, 1.54) is 17.7 Å². The summed E-state index contributed by atoms with van der Waals surface area (Å²) in [5.74, 6) is -0.394. The highest BCUT2D eigenvalue weighted by molar-refractivity contribution is 7.97. The van der Waals surface area contributed by atoms with Crippen molar-refractivity contribution in [3.8, 4) is 5.75 Å². The van der Waals surface area contributed by atoms with Crippen molar-refractivity contribution < 1.29 is 36.0 Å². The van der Waals surface area contributed by atoms with Crippen LogP contribution in [0.15, 0.2) is 87.5 Å². The lowest BCUT2D eigenvalue weighted by Gasteiger charge is -2.37. The molecule has 240 valence electrons. The Morgan fingerprint density at radius 2 is 1.43 bits per heavy atom. The Hall–Kier alpha value is -2.50. The molecule has 1 aliphatic rings. The van der Waals surface area contributed by atoms with Crippen LogP contribution < -0.4 is 4.74 Å². The predicted molar refractivity (Wildman–Crippen MR) is 169 cm³/mol. The van der Waals surface area contributed by atoms with Crippen LogP contribution in [0.25, 0.3) is 0 Å². The zero-order valence-corrected chi connectivity index (χ0v) is 28.0. The van der Waals surface area contributed by atoms with Gasteiger partial charge in [0.25, 0.3) is 0 Å². The zero-order valence-electron chi connectivity index (χ0n) is 26.3. The molecule has 1 fully saturated rings. The van der Waals surface area contributed by atoms with Gasteiger partial charge < -0.3 is 14.2 Å². The first-order valence-electron chi connectivity index (χ1n) is 14.8. The van der Waals surface area contributed by atoms with E-state index in [0.717, 1.165) is 40.0 Å². The number of alkyl halides is 2. The summed E-state index contributed by atoms with van der Waals surface area (Å²) >= 11 is 0. The molecule has 3 aromatic carbocycles. The molecule has 44 heavy (non-hydrogen) atoms. The number of rotatable bonds is 8. The van der Waals surface area contributed by atoms with Crippen molar-refractivity contribution >= 4 is 21.0 Å². The van der Waals surface area contributed by atoms with Gasteiger partial charge in [-0.05, 0) is 111 Å². The lowest BCUT2D eigenvalue weighted by Crippen LogP contribution is -2.42. The SMILES string of the molecule is CC1CCCOC(C)(c2ccc([S+](c3ccc(OC(C)C(F)(F)S(=O)(=O)O)cc3)c3ccc(C(C)(C)C)cc3)cc2)OC1C. The molecular weight excluding hydrogens is 606 g/mol. The molecule has 1 heterocycles. The van der Waals surface area contributed by atoms with E-state index in [2.05, 4.69) is 71.0 Å². The molecule has 0 radical (unpaired) electrons. The van der Waals surface area contributed by atoms with E-state index < -0.39 is 38.2 Å². The molecule has 4 rings (SSSR count). The Balaban J connectivity index is 1.68. The highest BCUT2D eigenvalue weighted by Crippen LogP contribution is 2.38. The Labute approximate surface area is 263 Å². The van der Waals surface area contributed by atoms with Crippen LogP contribution in [-0.2, 0) is 41.7 Å². The van der Waals surface area contributed by atoms with E-state index in [4.69, 9.17) is 18.8 Å². The van der Waals surface area contributed by atoms with E-state index in [1.807, 2.05) is 19.1 Å². The average Bonchev–Trinajstić information content (AvgIpc) is 2.95. The molecule has 0 aromatic heterocycles. The minimum Gasteiger partial charge on any atom is -0.483 e. The summed E-state index contributed by atoms with van der Waals surface area (Å²) in [5, 5.41) is -4.46. The molecule has 0 spiro atoms. The molecule has 6 nitrogen and oxygen atoms in total. The number of ether oxygens (including phenoxy) is 3. The van der Waals surface area contributed by atoms with Gasteiger partial charge in [-0.25, -0.2) is 0 Å². The fourth-order valence-corrected chi connectivity index (χ4v) is 7.60. The number of halogens is 2. The van der Waals surface area contributed by atoms with E-state index in [9.17, 15) is 17.2 Å². The molecule has 0 amide bonds. The second kappa shape index (κ2) is 13.1. The molecule has 5 atom stereocenters. The second-order valence-electron chi connectivity index (χ2n) is 12.6. The summed E-state index contributed by atoms with van der Waals surface area (Å²) in [6.45, 7) is 14.2. The summed E-state index contributed by atoms with van der Waals surface area (Å²) in [5.41, 5.74) is 2.11. The van der Waals surface area contributed by atoms with Crippen LogP contribution >= 0.6 is 0 Å². The third-order valence-corrected chi connectivity index (χ3v) is 11.4. The van der Waals surface area contributed by atoms with Crippen molar-refractivity contribution in [2.75, 3.05) is 6.61 Å². The average molecular weight is 650 g/mol. The highest BCUT2D eigenvalue weighted by Gasteiger charge is 2.51. The van der Waals surface area contributed by atoms with Gasteiger partial charge in [0.15, 0.2) is 26.6 Å². The molecule has 10 heteroatoms. The van der Waals surface area contributed by atoms with E-state index >= 15 is 0 Å². The van der Waals surface area contributed by atoms with Gasteiger partial charge in [0.05, 0.1) is 23.6 Å². The van der Waals surface area contributed by atoms with Crippen LogP contribution in [0.3, 0.4) is 0 Å². The largest absolute Gasteiger partial charge is 0.483 e. The topological polar surface area (TPSA) is 82.1 Å². The van der Waals surface area contributed by atoms with Crippen molar-refractivity contribution in [3.63, 3.8) is 0 Å². The molecule has 0 aliphatic carbocycles. The summed E-state index contributed by atoms with van der Waals surface area (Å²) in [6, 6.07) is 23.3. The van der Waals surface area contributed by atoms with Gasteiger partial charge in [-0.2, -0.15) is 17.2 Å². The maximum Gasteiger partial charge on any atom is 0.405 e. The standard InChI is InChI=1S/C34H42F2O6S2/c1-23-9-8-22-40-33(7,42-24(23)2)27-12-18-30(19-13-27)43(29-16-10-26(11-17-29)32(4,5)6)31-20-14-28(15-21-31)41-25(3)34(35,36)44(37,38)39/h10-21,23-25H,8-9,22H2,1-7H3/p+1. The predicted octanol–water partition coefficient (Wildman–Crippen LogP) is 8.35. The monoisotopic (exact) mass is 649 g/mol. The lowest BCUT2D eigenvalue weighted by atomic mass is 9.87. The fraction of sp³-hybridized carbons (Fsp3) is 0.471. The van der Waals surface area contributed by atoms with Crippen LogP contribution in [0.2, 0.25) is 0 Å². The normalized spacial score (nSPS) is 23.3. The number of hydrogen-bond acceptors (Lipinski definition) is 5. The van der Waals surface area contributed by atoms with Crippen LogP contribution in [0.5, 0.6) is 5.75 Å². The highest BCUT2D eigenvalue weighted by atomic mass is 32.2. The van der Waals surface area contributed by atoms with Crippen LogP contribution in [0.1, 0.15) is 72.4 Å². The first-order valence-corrected chi connectivity index (χ1v) is 17.5. The molecule has 0 bridgehead atoms. The van der Waals surface area contributed by atoms with Gasteiger partial charge in [0.1, 0.15) is 5.75 Å². The van der Waals surface area contributed by atoms with Crippen molar-refractivity contribution in [1.29, 1.82) is 0 Å². The van der Waals surface area contributed by atoms with Crippen molar-refractivity contribution in [2.45, 2.75) is 105 Å². The Kier molecular flexibility index (Phi) is 10.2. The third kappa shape index (κ3) is 7.65. The van der Waals surface area contributed by atoms with Gasteiger partial charge in [0.2, 0.25) is 0 Å². The van der Waals surface area contributed by atoms with Gasteiger partial charge in [-0.15, -0.1) is 0 Å². The van der Waals surface area contributed by atoms with Gasteiger partial charge in [-0.3, -0.25) is 4.55 Å². The van der Waals surface area contributed by atoms with Crippen LogP contribution in [0, 0.1) is 5.92 Å². The van der Waals surface area contributed by atoms with E-state index in [0.29, 0.717) is 12.5 Å². The van der Waals surface area contributed by atoms with Crippen molar-refractivity contribution in [1.82, 2.24) is 0 Å². The Bertz CT molecular complexity index is 1500. The third-order valence-electron chi connectivity index (χ3n) is 8.15. The first-order chi connectivity index (χ1) is 20.4. The molecule has 3 aromatic rings. The summed E-state index contributed by atoms with van der Waals surface area (Å²) in [7, 11) is -6.20. The molecule has 1 saturated heterocycles. The molecule has 1 N–H and O–H groups in total. The minimum atomic E-state index is -5.63. The smallest absolute Gasteiger partial charge is 0.405 e. The van der Waals surface area contributed by atoms with Gasteiger partial charge in [-0.1, -0.05) is 39.8 Å². The Morgan fingerprint density at radius 3 is 1.93 bits per heavy atom. The Morgan fingerprint density at radius 1 is 0.932 bits per heavy atom. The summed E-state index contributed by atoms with van der Waals surface area (Å²) in [4.78, 5) is 3.01. The number of hydrogen-bond donors (Lipinski definition) is 1. The maximum absolute atomic E-state index is 14.1. The van der Waals surface area contributed by atoms with E-state index in [-0.39, 0.29) is 17.3 Å². The van der Waals surface area contributed by atoms with Crippen molar-refractivity contribution in [3.05, 3.63) is 83.9 Å². The number of benzene rings is 3. The van der Waals surface area contributed by atoms with Crippen molar-refractivity contribution in [2.24, 2.45) is 5.92 Å². The second-order valence-corrected chi connectivity index (χ2v) is 16.1. The first kappa shape index (κ1) is 34.4. The van der Waals surface area contributed by atoms with Gasteiger partial charge in [0, 0.05) is 5.56 Å².